The second kappa shape index (κ2) is 7.08. The Morgan fingerprint density at radius 2 is 1.63 bits per heavy atom. The summed E-state index contributed by atoms with van der Waals surface area (Å²) in [6.45, 7) is 6.80. The number of hydrogen-bond acceptors (Lipinski definition) is 2. The first kappa shape index (κ1) is 15.3. The molecule has 2 nitrogen and oxygen atoms in total. The minimum Gasteiger partial charge on any atom is -0.329 e. The van der Waals surface area contributed by atoms with Crippen molar-refractivity contribution < 1.29 is 0 Å². The minimum atomic E-state index is 0.313. The lowest BCUT2D eigenvalue weighted by Gasteiger charge is -2.46. The molecule has 0 spiro atoms. The summed E-state index contributed by atoms with van der Waals surface area (Å²) in [6.07, 6.45) is 13.8. The van der Waals surface area contributed by atoms with Crippen LogP contribution in [0, 0.1) is 5.92 Å². The van der Waals surface area contributed by atoms with Crippen molar-refractivity contribution in [2.45, 2.75) is 89.6 Å². The average molecular weight is 266 g/mol. The van der Waals surface area contributed by atoms with E-state index in [1.54, 1.807) is 0 Å². The van der Waals surface area contributed by atoms with Gasteiger partial charge in [-0.15, -0.1) is 0 Å². The number of likely N-dealkylation sites (tertiary alicyclic amines) is 1. The Morgan fingerprint density at radius 1 is 1.00 bits per heavy atom. The highest BCUT2D eigenvalue weighted by molar-refractivity contribution is 4.99. The average Bonchev–Trinajstić information content (AvgIpc) is 3.08. The van der Waals surface area contributed by atoms with E-state index in [2.05, 4.69) is 18.7 Å². The molecule has 2 N–H and O–H groups in total. The molecule has 0 aromatic carbocycles. The molecule has 1 atom stereocenters. The monoisotopic (exact) mass is 266 g/mol. The molecule has 0 aromatic heterocycles. The molecule has 19 heavy (non-hydrogen) atoms. The number of rotatable bonds is 7. The standard InChI is InChI=1S/C17H34N2/c1-3-11-17(14-18,12-4-2)19-13-7-10-16(19)15-8-5-6-9-15/h15-16H,3-14,18H2,1-2H3. The normalized spacial score (nSPS) is 26.4. The zero-order valence-electron chi connectivity index (χ0n) is 13.2. The molecule has 0 amide bonds. The van der Waals surface area contributed by atoms with Crippen LogP contribution in [-0.4, -0.2) is 29.6 Å². The van der Waals surface area contributed by atoms with Crippen molar-refractivity contribution >= 4 is 0 Å². The Balaban J connectivity index is 2.13. The maximum absolute atomic E-state index is 6.28. The van der Waals surface area contributed by atoms with E-state index in [9.17, 15) is 0 Å². The summed E-state index contributed by atoms with van der Waals surface area (Å²) in [6, 6.07) is 0.851. The van der Waals surface area contributed by atoms with Gasteiger partial charge in [-0.3, -0.25) is 4.90 Å². The Hall–Kier alpha value is -0.0800. The van der Waals surface area contributed by atoms with Crippen LogP contribution in [0.3, 0.4) is 0 Å². The maximum atomic E-state index is 6.28. The second-order valence-electron chi connectivity index (χ2n) is 6.88. The molecule has 2 fully saturated rings. The molecule has 112 valence electrons. The van der Waals surface area contributed by atoms with Crippen molar-refractivity contribution in [2.75, 3.05) is 13.1 Å². The minimum absolute atomic E-state index is 0.313. The van der Waals surface area contributed by atoms with Gasteiger partial charge < -0.3 is 5.73 Å². The summed E-state index contributed by atoms with van der Waals surface area (Å²) < 4.78 is 0. The van der Waals surface area contributed by atoms with Gasteiger partial charge in [0.1, 0.15) is 0 Å². The molecule has 1 aliphatic carbocycles. The Kier molecular flexibility index (Phi) is 5.70. The van der Waals surface area contributed by atoms with Gasteiger partial charge in [-0.1, -0.05) is 39.5 Å². The zero-order chi connectivity index (χ0) is 13.7. The molecule has 0 aromatic rings. The summed E-state index contributed by atoms with van der Waals surface area (Å²) in [5, 5.41) is 0. The molecule has 2 aliphatic rings. The van der Waals surface area contributed by atoms with E-state index in [4.69, 9.17) is 5.73 Å². The third-order valence-electron chi connectivity index (χ3n) is 5.66. The topological polar surface area (TPSA) is 29.3 Å². The molecule has 1 saturated heterocycles. The van der Waals surface area contributed by atoms with Gasteiger partial charge in [-0.25, -0.2) is 0 Å². The first-order chi connectivity index (χ1) is 9.27. The smallest absolute Gasteiger partial charge is 0.0334 e. The van der Waals surface area contributed by atoms with Crippen LogP contribution in [0.2, 0.25) is 0 Å². The Bertz CT molecular complexity index is 252. The van der Waals surface area contributed by atoms with Gasteiger partial charge in [0.15, 0.2) is 0 Å². The fourth-order valence-electron chi connectivity index (χ4n) is 4.88. The summed E-state index contributed by atoms with van der Waals surface area (Å²) in [5.74, 6) is 0.974. The van der Waals surface area contributed by atoms with Gasteiger partial charge in [-0.2, -0.15) is 0 Å². The molecule has 0 bridgehead atoms. The molecule has 2 heteroatoms. The predicted octanol–water partition coefficient (Wildman–Crippen LogP) is 3.94. The largest absolute Gasteiger partial charge is 0.329 e. The highest BCUT2D eigenvalue weighted by Gasteiger charge is 2.43. The van der Waals surface area contributed by atoms with Gasteiger partial charge >= 0.3 is 0 Å². The van der Waals surface area contributed by atoms with Gasteiger partial charge in [0, 0.05) is 18.1 Å². The third-order valence-corrected chi connectivity index (χ3v) is 5.66. The number of nitrogens with zero attached hydrogens (tertiary/aromatic N) is 1. The van der Waals surface area contributed by atoms with Crippen molar-refractivity contribution in [3.8, 4) is 0 Å². The van der Waals surface area contributed by atoms with E-state index in [1.165, 1.54) is 70.8 Å². The lowest BCUT2D eigenvalue weighted by atomic mass is 9.84. The number of nitrogens with two attached hydrogens (primary N) is 1. The van der Waals surface area contributed by atoms with E-state index in [-0.39, 0.29) is 0 Å². The molecule has 2 rings (SSSR count). The third kappa shape index (κ3) is 3.16. The summed E-state index contributed by atoms with van der Waals surface area (Å²) in [4.78, 5) is 2.87. The van der Waals surface area contributed by atoms with Crippen LogP contribution in [0.1, 0.15) is 78.1 Å². The van der Waals surface area contributed by atoms with E-state index >= 15 is 0 Å². The molecule has 1 saturated carbocycles. The fraction of sp³-hybridized carbons (Fsp3) is 1.00. The van der Waals surface area contributed by atoms with Gasteiger partial charge in [0.25, 0.3) is 0 Å². The lowest BCUT2D eigenvalue weighted by molar-refractivity contribution is 0.0385. The molecule has 0 radical (unpaired) electrons. The van der Waals surface area contributed by atoms with Crippen molar-refractivity contribution in [3.63, 3.8) is 0 Å². The van der Waals surface area contributed by atoms with E-state index in [0.29, 0.717) is 5.54 Å². The lowest BCUT2D eigenvalue weighted by Crippen LogP contribution is -2.57. The van der Waals surface area contributed by atoms with Gasteiger partial charge in [0.2, 0.25) is 0 Å². The molecule has 1 aliphatic heterocycles. The summed E-state index contributed by atoms with van der Waals surface area (Å²) in [7, 11) is 0. The van der Waals surface area contributed by atoms with E-state index in [0.717, 1.165) is 18.5 Å². The van der Waals surface area contributed by atoms with Crippen LogP contribution >= 0.6 is 0 Å². The van der Waals surface area contributed by atoms with Crippen molar-refractivity contribution in [1.82, 2.24) is 4.90 Å². The van der Waals surface area contributed by atoms with Crippen molar-refractivity contribution in [1.29, 1.82) is 0 Å². The summed E-state index contributed by atoms with van der Waals surface area (Å²) >= 11 is 0. The van der Waals surface area contributed by atoms with Crippen LogP contribution < -0.4 is 5.73 Å². The Labute approximate surface area is 120 Å². The SMILES string of the molecule is CCCC(CN)(CCC)N1CCCC1C1CCCC1. The first-order valence-corrected chi connectivity index (χ1v) is 8.74. The maximum Gasteiger partial charge on any atom is 0.0334 e. The van der Waals surface area contributed by atoms with Crippen LogP contribution in [0.25, 0.3) is 0 Å². The van der Waals surface area contributed by atoms with Crippen LogP contribution in [0.15, 0.2) is 0 Å². The first-order valence-electron chi connectivity index (χ1n) is 8.74. The molecular weight excluding hydrogens is 232 g/mol. The van der Waals surface area contributed by atoms with E-state index in [1.807, 2.05) is 0 Å². The van der Waals surface area contributed by atoms with Crippen LogP contribution in [0.4, 0.5) is 0 Å². The highest BCUT2D eigenvalue weighted by atomic mass is 15.3. The van der Waals surface area contributed by atoms with Crippen LogP contribution in [-0.2, 0) is 0 Å². The zero-order valence-corrected chi connectivity index (χ0v) is 13.2. The molecular formula is C17H34N2. The fourth-order valence-corrected chi connectivity index (χ4v) is 4.88. The van der Waals surface area contributed by atoms with Gasteiger partial charge in [-0.05, 0) is 51.0 Å². The quantitative estimate of drug-likeness (QED) is 0.756. The Morgan fingerprint density at radius 3 is 2.16 bits per heavy atom. The molecule has 1 unspecified atom stereocenters. The predicted molar refractivity (Wildman–Crippen MR) is 83.3 cm³/mol. The van der Waals surface area contributed by atoms with E-state index < -0.39 is 0 Å². The van der Waals surface area contributed by atoms with Gasteiger partial charge in [0.05, 0.1) is 0 Å². The van der Waals surface area contributed by atoms with Crippen molar-refractivity contribution in [3.05, 3.63) is 0 Å². The highest BCUT2D eigenvalue weighted by Crippen LogP contribution is 2.41. The molecule has 1 heterocycles. The van der Waals surface area contributed by atoms with Crippen LogP contribution in [0.5, 0.6) is 0 Å². The number of hydrogen-bond donors (Lipinski definition) is 1. The van der Waals surface area contributed by atoms with Crippen molar-refractivity contribution in [2.24, 2.45) is 11.7 Å². The summed E-state index contributed by atoms with van der Waals surface area (Å²) in [5.41, 5.74) is 6.59. The second-order valence-corrected chi connectivity index (χ2v) is 6.88.